The fourth-order valence-electron chi connectivity index (χ4n) is 1.76. The number of thioether (sulfide) groups is 1. The molecule has 4 nitrogen and oxygen atoms in total. The normalized spacial score (nSPS) is 20.3. The quantitative estimate of drug-likeness (QED) is 0.599. The number of hydrogen-bond acceptors (Lipinski definition) is 5. The van der Waals surface area contributed by atoms with E-state index < -0.39 is 0 Å². The lowest BCUT2D eigenvalue weighted by molar-refractivity contribution is 0.700. The molecule has 0 radical (unpaired) electrons. The van der Waals surface area contributed by atoms with Crippen molar-refractivity contribution in [1.29, 1.82) is 0 Å². The monoisotopic (exact) mass is 224 g/mol. The molecule has 82 valence electrons. The number of nitrogen functional groups attached to an aromatic ring is 1. The molecule has 1 aliphatic heterocycles. The van der Waals surface area contributed by atoms with Gasteiger partial charge in [0.1, 0.15) is 5.82 Å². The van der Waals surface area contributed by atoms with E-state index in [1.807, 2.05) is 23.9 Å². The molecule has 1 saturated heterocycles. The molecule has 5 heteroatoms. The van der Waals surface area contributed by atoms with Gasteiger partial charge in [0.2, 0.25) is 0 Å². The fourth-order valence-corrected chi connectivity index (χ4v) is 3.02. The minimum Gasteiger partial charge on any atom is -0.371 e. The van der Waals surface area contributed by atoms with Crippen LogP contribution in [0.1, 0.15) is 6.42 Å². The van der Waals surface area contributed by atoms with Gasteiger partial charge < -0.3 is 10.3 Å². The maximum atomic E-state index is 5.34. The topological polar surface area (TPSA) is 54.2 Å². The summed E-state index contributed by atoms with van der Waals surface area (Å²) < 4.78 is 0. The van der Waals surface area contributed by atoms with Crippen LogP contribution in [0.4, 0.5) is 11.5 Å². The van der Waals surface area contributed by atoms with Crippen LogP contribution in [0, 0.1) is 0 Å². The molecule has 1 aromatic heterocycles. The Morgan fingerprint density at radius 3 is 3.20 bits per heavy atom. The SMILES string of the molecule is CN(c1ccnc(NN)c1)C1CCSC1. The van der Waals surface area contributed by atoms with Gasteiger partial charge in [0.25, 0.3) is 0 Å². The van der Waals surface area contributed by atoms with E-state index in [1.54, 1.807) is 6.20 Å². The van der Waals surface area contributed by atoms with Crippen molar-refractivity contribution in [2.45, 2.75) is 12.5 Å². The standard InChI is InChI=1S/C10H16N4S/c1-14(9-3-5-15-7-9)8-2-4-12-10(6-8)13-11/h2,4,6,9H,3,5,7,11H2,1H3,(H,12,13). The van der Waals surface area contributed by atoms with Crippen LogP contribution in [0.3, 0.4) is 0 Å². The molecule has 1 aromatic rings. The van der Waals surface area contributed by atoms with Crippen molar-refractivity contribution in [3.8, 4) is 0 Å². The van der Waals surface area contributed by atoms with Gasteiger partial charge in [-0.05, 0) is 18.2 Å². The predicted molar refractivity (Wildman–Crippen MR) is 66.2 cm³/mol. The minimum absolute atomic E-state index is 0.642. The number of rotatable bonds is 3. The molecule has 1 unspecified atom stereocenters. The molecule has 15 heavy (non-hydrogen) atoms. The van der Waals surface area contributed by atoms with Gasteiger partial charge in [-0.3, -0.25) is 0 Å². The van der Waals surface area contributed by atoms with E-state index in [-0.39, 0.29) is 0 Å². The number of hydrogen-bond donors (Lipinski definition) is 2. The molecule has 0 aromatic carbocycles. The van der Waals surface area contributed by atoms with Crippen molar-refractivity contribution < 1.29 is 0 Å². The summed E-state index contributed by atoms with van der Waals surface area (Å²) in [7, 11) is 2.13. The number of nitrogens with one attached hydrogen (secondary N) is 1. The summed E-state index contributed by atoms with van der Waals surface area (Å²) in [5, 5.41) is 0. The van der Waals surface area contributed by atoms with Crippen LogP contribution in [0.5, 0.6) is 0 Å². The second-order valence-corrected chi connectivity index (χ2v) is 4.82. The Morgan fingerprint density at radius 2 is 2.53 bits per heavy atom. The summed E-state index contributed by atoms with van der Waals surface area (Å²) in [6.45, 7) is 0. The molecule has 3 N–H and O–H groups in total. The Kier molecular flexibility index (Phi) is 3.33. The van der Waals surface area contributed by atoms with Gasteiger partial charge in [-0.2, -0.15) is 11.8 Å². The van der Waals surface area contributed by atoms with Crippen LogP contribution in [0.15, 0.2) is 18.3 Å². The molecule has 0 spiro atoms. The number of nitrogens with two attached hydrogens (primary N) is 1. The van der Waals surface area contributed by atoms with E-state index >= 15 is 0 Å². The van der Waals surface area contributed by atoms with Gasteiger partial charge in [0.05, 0.1) is 0 Å². The number of anilines is 2. The molecule has 0 aliphatic carbocycles. The van der Waals surface area contributed by atoms with E-state index in [4.69, 9.17) is 5.84 Å². The van der Waals surface area contributed by atoms with Crippen molar-refractivity contribution in [3.05, 3.63) is 18.3 Å². The molecule has 0 saturated carbocycles. The first-order chi connectivity index (χ1) is 7.31. The molecular formula is C10H16N4S. The number of pyridine rings is 1. The molecule has 1 atom stereocenters. The van der Waals surface area contributed by atoms with Crippen LogP contribution in [-0.4, -0.2) is 29.6 Å². The zero-order valence-corrected chi connectivity index (χ0v) is 9.63. The second kappa shape index (κ2) is 4.72. The molecule has 0 bridgehead atoms. The third-order valence-corrected chi connectivity index (χ3v) is 3.90. The summed E-state index contributed by atoms with van der Waals surface area (Å²) >= 11 is 2.02. The lowest BCUT2D eigenvalue weighted by atomic mass is 10.2. The predicted octanol–water partition coefficient (Wildman–Crippen LogP) is 1.31. The molecular weight excluding hydrogens is 208 g/mol. The Labute approximate surface area is 94.2 Å². The second-order valence-electron chi connectivity index (χ2n) is 3.67. The van der Waals surface area contributed by atoms with Gasteiger partial charge in [-0.1, -0.05) is 0 Å². The first-order valence-electron chi connectivity index (χ1n) is 5.04. The van der Waals surface area contributed by atoms with Crippen molar-refractivity contribution in [2.75, 3.05) is 28.9 Å². The van der Waals surface area contributed by atoms with Gasteiger partial charge in [-0.15, -0.1) is 0 Å². The number of aromatic nitrogens is 1. The maximum Gasteiger partial charge on any atom is 0.141 e. The average molecular weight is 224 g/mol. The lowest BCUT2D eigenvalue weighted by Crippen LogP contribution is -2.31. The Morgan fingerprint density at radius 1 is 1.67 bits per heavy atom. The van der Waals surface area contributed by atoms with Crippen LogP contribution < -0.4 is 16.2 Å². The summed E-state index contributed by atoms with van der Waals surface area (Å²) in [6, 6.07) is 4.63. The Bertz CT molecular complexity index is 325. The number of hydrazine groups is 1. The van der Waals surface area contributed by atoms with Crippen LogP contribution in [0.2, 0.25) is 0 Å². The van der Waals surface area contributed by atoms with E-state index in [9.17, 15) is 0 Å². The third kappa shape index (κ3) is 2.35. The van der Waals surface area contributed by atoms with Crippen molar-refractivity contribution in [2.24, 2.45) is 5.84 Å². The highest BCUT2D eigenvalue weighted by Gasteiger charge is 2.20. The molecule has 2 heterocycles. The maximum absolute atomic E-state index is 5.34. The summed E-state index contributed by atoms with van der Waals surface area (Å²) in [6.07, 6.45) is 3.04. The molecule has 1 fully saturated rings. The summed E-state index contributed by atoms with van der Waals surface area (Å²) in [5.41, 5.74) is 3.74. The van der Waals surface area contributed by atoms with Crippen LogP contribution in [0.25, 0.3) is 0 Å². The highest BCUT2D eigenvalue weighted by molar-refractivity contribution is 7.99. The summed E-state index contributed by atoms with van der Waals surface area (Å²) in [5.74, 6) is 8.53. The van der Waals surface area contributed by atoms with Crippen LogP contribution in [-0.2, 0) is 0 Å². The summed E-state index contributed by atoms with van der Waals surface area (Å²) in [4.78, 5) is 6.41. The van der Waals surface area contributed by atoms with Gasteiger partial charge in [-0.25, -0.2) is 10.8 Å². The van der Waals surface area contributed by atoms with Crippen molar-refractivity contribution >= 4 is 23.3 Å². The zero-order chi connectivity index (χ0) is 10.7. The van der Waals surface area contributed by atoms with E-state index in [0.29, 0.717) is 11.9 Å². The lowest BCUT2D eigenvalue weighted by Gasteiger charge is -2.26. The first kappa shape index (κ1) is 10.6. The highest BCUT2D eigenvalue weighted by atomic mass is 32.2. The smallest absolute Gasteiger partial charge is 0.141 e. The molecule has 1 aliphatic rings. The molecule has 0 amide bonds. The largest absolute Gasteiger partial charge is 0.371 e. The zero-order valence-electron chi connectivity index (χ0n) is 8.81. The van der Waals surface area contributed by atoms with Gasteiger partial charge in [0.15, 0.2) is 0 Å². The third-order valence-electron chi connectivity index (χ3n) is 2.75. The first-order valence-corrected chi connectivity index (χ1v) is 6.20. The number of nitrogens with zero attached hydrogens (tertiary/aromatic N) is 2. The van der Waals surface area contributed by atoms with E-state index in [2.05, 4.69) is 22.4 Å². The van der Waals surface area contributed by atoms with Gasteiger partial charge in [0, 0.05) is 36.8 Å². The van der Waals surface area contributed by atoms with Crippen molar-refractivity contribution in [1.82, 2.24) is 4.98 Å². The Hall–Kier alpha value is -0.940. The average Bonchev–Trinajstić information content (AvgIpc) is 2.81. The molecule has 2 rings (SSSR count). The highest BCUT2D eigenvalue weighted by Crippen LogP contribution is 2.26. The van der Waals surface area contributed by atoms with Gasteiger partial charge >= 0.3 is 0 Å². The van der Waals surface area contributed by atoms with Crippen molar-refractivity contribution in [3.63, 3.8) is 0 Å². The Balaban J connectivity index is 2.13. The minimum atomic E-state index is 0.642. The van der Waals surface area contributed by atoms with E-state index in [1.165, 1.54) is 23.6 Å². The fraction of sp³-hybridized carbons (Fsp3) is 0.500. The van der Waals surface area contributed by atoms with E-state index in [0.717, 1.165) is 0 Å². The van der Waals surface area contributed by atoms with Crippen LogP contribution >= 0.6 is 11.8 Å².